The number of nitrogens with one attached hydrogen (secondary N) is 1. The number of hydrogen-bond acceptors (Lipinski definition) is 3. The van der Waals surface area contributed by atoms with Crippen molar-refractivity contribution in [2.24, 2.45) is 28.1 Å². The molecule has 2 fully saturated rings. The molecule has 0 heterocycles. The van der Waals surface area contributed by atoms with Crippen LogP contribution in [0.4, 0.5) is 0 Å². The fourth-order valence-electron chi connectivity index (χ4n) is 4.53. The third-order valence-electron chi connectivity index (χ3n) is 6.42. The maximum atomic E-state index is 13.4. The highest BCUT2D eigenvalue weighted by Crippen LogP contribution is 2.56. The Bertz CT molecular complexity index is 516. The van der Waals surface area contributed by atoms with Gasteiger partial charge in [0, 0.05) is 23.4 Å². The molecule has 2 aliphatic rings. The molecule has 0 spiro atoms. The number of Topliss-reactive ketones (excluding diaryl/α,β-unsaturated/α-hetero) is 1. The number of amides is 1. The van der Waals surface area contributed by atoms with Gasteiger partial charge in [0.15, 0.2) is 5.78 Å². The van der Waals surface area contributed by atoms with Gasteiger partial charge < -0.3 is 10.4 Å². The third-order valence-corrected chi connectivity index (χ3v) is 6.42. The van der Waals surface area contributed by atoms with Crippen LogP contribution >= 0.6 is 0 Å². The first-order chi connectivity index (χ1) is 11.9. The van der Waals surface area contributed by atoms with E-state index in [1.165, 1.54) is 19.3 Å². The molecule has 0 bridgehead atoms. The van der Waals surface area contributed by atoms with Crippen LogP contribution in [-0.2, 0) is 9.59 Å². The van der Waals surface area contributed by atoms with Crippen molar-refractivity contribution < 1.29 is 14.7 Å². The van der Waals surface area contributed by atoms with Crippen molar-refractivity contribution in [1.29, 1.82) is 0 Å². The van der Waals surface area contributed by atoms with Crippen LogP contribution in [0.1, 0.15) is 86.5 Å². The van der Waals surface area contributed by atoms with Gasteiger partial charge in [0.05, 0.1) is 6.04 Å². The number of rotatable bonds is 6. The van der Waals surface area contributed by atoms with Crippen molar-refractivity contribution in [2.45, 2.75) is 92.5 Å². The second-order valence-corrected chi connectivity index (χ2v) is 10.8. The summed E-state index contributed by atoms with van der Waals surface area (Å²) in [6.07, 6.45) is 7.54. The second kappa shape index (κ2) is 7.61. The molecule has 26 heavy (non-hydrogen) atoms. The Morgan fingerprint density at radius 2 is 1.58 bits per heavy atom. The molecule has 2 N–H and O–H groups in total. The van der Waals surface area contributed by atoms with E-state index in [1.54, 1.807) is 0 Å². The molecule has 2 rings (SSSR count). The van der Waals surface area contributed by atoms with Crippen LogP contribution in [0.5, 0.6) is 0 Å². The zero-order valence-corrected chi connectivity index (χ0v) is 17.7. The Hall–Kier alpha value is -0.900. The number of aliphatic hydroxyl groups excluding tert-OH is 1. The molecule has 0 aliphatic heterocycles. The van der Waals surface area contributed by atoms with Crippen molar-refractivity contribution in [3.8, 4) is 0 Å². The minimum absolute atomic E-state index is 0.0130. The van der Waals surface area contributed by atoms with E-state index in [0.29, 0.717) is 5.92 Å². The highest BCUT2D eigenvalue weighted by Gasteiger charge is 2.55. The maximum absolute atomic E-state index is 13.4. The van der Waals surface area contributed by atoms with Crippen LogP contribution in [0.2, 0.25) is 0 Å². The molecule has 4 nitrogen and oxygen atoms in total. The lowest BCUT2D eigenvalue weighted by Crippen LogP contribution is -2.56. The third kappa shape index (κ3) is 4.68. The minimum Gasteiger partial charge on any atom is -0.396 e. The maximum Gasteiger partial charge on any atom is 0.224 e. The summed E-state index contributed by atoms with van der Waals surface area (Å²) >= 11 is 0. The SMILES string of the molecule is CC(C)(C)C(=O)[C@@H](NC(=O)C(C1CCCCC1)C1(CO)CC1)C(C)(C)C. The topological polar surface area (TPSA) is 66.4 Å². The van der Waals surface area contributed by atoms with Gasteiger partial charge in [0.25, 0.3) is 0 Å². The van der Waals surface area contributed by atoms with Crippen molar-refractivity contribution in [3.63, 3.8) is 0 Å². The summed E-state index contributed by atoms with van der Waals surface area (Å²) in [5.74, 6) is 0.241. The van der Waals surface area contributed by atoms with Gasteiger partial charge in [-0.1, -0.05) is 60.8 Å². The molecule has 0 aromatic carbocycles. The largest absolute Gasteiger partial charge is 0.396 e. The van der Waals surface area contributed by atoms with Gasteiger partial charge >= 0.3 is 0 Å². The van der Waals surface area contributed by atoms with Gasteiger partial charge in [-0.15, -0.1) is 0 Å². The Kier molecular flexibility index (Phi) is 6.27. The average Bonchev–Trinajstić information content (AvgIpc) is 3.32. The zero-order chi connectivity index (χ0) is 19.8. The molecule has 0 aromatic rings. The molecule has 150 valence electrons. The Morgan fingerprint density at radius 3 is 1.96 bits per heavy atom. The number of aliphatic hydroxyl groups is 1. The first-order valence-electron chi connectivity index (χ1n) is 10.4. The lowest BCUT2D eigenvalue weighted by atomic mass is 9.71. The molecule has 4 heteroatoms. The van der Waals surface area contributed by atoms with Crippen LogP contribution in [0.25, 0.3) is 0 Å². The van der Waals surface area contributed by atoms with Crippen LogP contribution in [0.3, 0.4) is 0 Å². The number of carbonyl (C=O) groups is 2. The van der Waals surface area contributed by atoms with E-state index in [0.717, 1.165) is 25.7 Å². The lowest BCUT2D eigenvalue weighted by Gasteiger charge is -2.39. The fraction of sp³-hybridized carbons (Fsp3) is 0.909. The molecule has 0 aromatic heterocycles. The van der Waals surface area contributed by atoms with Gasteiger partial charge in [-0.25, -0.2) is 0 Å². The number of ketones is 1. The summed E-state index contributed by atoms with van der Waals surface area (Å²) in [7, 11) is 0. The molecule has 2 aliphatic carbocycles. The number of hydrogen-bond donors (Lipinski definition) is 2. The first kappa shape index (κ1) is 21.4. The molecule has 2 saturated carbocycles. The van der Waals surface area contributed by atoms with Crippen LogP contribution in [-0.4, -0.2) is 29.4 Å². The van der Waals surface area contributed by atoms with Gasteiger partial charge in [-0.3, -0.25) is 9.59 Å². The van der Waals surface area contributed by atoms with Crippen molar-refractivity contribution in [3.05, 3.63) is 0 Å². The highest BCUT2D eigenvalue weighted by molar-refractivity contribution is 5.93. The predicted molar refractivity (Wildman–Crippen MR) is 105 cm³/mol. The summed E-state index contributed by atoms with van der Waals surface area (Å²) in [4.78, 5) is 26.4. The van der Waals surface area contributed by atoms with E-state index in [-0.39, 0.29) is 35.0 Å². The smallest absolute Gasteiger partial charge is 0.224 e. The molecular weight excluding hydrogens is 326 g/mol. The van der Waals surface area contributed by atoms with Gasteiger partial charge in [0.1, 0.15) is 0 Å². The Morgan fingerprint density at radius 1 is 1.04 bits per heavy atom. The summed E-state index contributed by atoms with van der Waals surface area (Å²) < 4.78 is 0. The lowest BCUT2D eigenvalue weighted by molar-refractivity contribution is -0.139. The summed E-state index contributed by atoms with van der Waals surface area (Å²) in [6.45, 7) is 11.8. The monoisotopic (exact) mass is 365 g/mol. The van der Waals surface area contributed by atoms with Crippen molar-refractivity contribution in [1.82, 2.24) is 5.32 Å². The summed E-state index contributed by atoms with van der Waals surface area (Å²) in [5.41, 5.74) is -1.09. The van der Waals surface area contributed by atoms with E-state index >= 15 is 0 Å². The predicted octanol–water partition coefficient (Wildman–Crippen LogP) is 4.10. The van der Waals surface area contributed by atoms with Gasteiger partial charge in [-0.05, 0) is 37.0 Å². The van der Waals surface area contributed by atoms with E-state index in [2.05, 4.69) is 5.32 Å². The second-order valence-electron chi connectivity index (χ2n) is 10.8. The van der Waals surface area contributed by atoms with E-state index in [9.17, 15) is 14.7 Å². The molecule has 0 saturated heterocycles. The Labute approximate surface area is 159 Å². The van der Waals surface area contributed by atoms with Crippen molar-refractivity contribution >= 4 is 11.7 Å². The van der Waals surface area contributed by atoms with Crippen molar-refractivity contribution in [2.75, 3.05) is 6.61 Å². The summed E-state index contributed by atoms with van der Waals surface area (Å²) in [6, 6.07) is -0.504. The standard InChI is InChI=1S/C22H39NO3/c1-20(2,3)17(18(25)21(4,5)6)23-19(26)16(22(14-24)12-13-22)15-10-8-7-9-11-15/h15-17,24H,7-14H2,1-6H3,(H,23,26)/t16?,17-/m1/s1. The van der Waals surface area contributed by atoms with E-state index < -0.39 is 11.5 Å². The van der Waals surface area contributed by atoms with E-state index in [4.69, 9.17) is 0 Å². The quantitative estimate of drug-likeness (QED) is 0.744. The fourth-order valence-corrected chi connectivity index (χ4v) is 4.53. The zero-order valence-electron chi connectivity index (χ0n) is 17.7. The normalized spacial score (nSPS) is 23.2. The molecule has 1 unspecified atom stereocenters. The Balaban J connectivity index is 2.25. The molecule has 1 amide bonds. The first-order valence-corrected chi connectivity index (χ1v) is 10.4. The molecular formula is C22H39NO3. The summed E-state index contributed by atoms with van der Waals surface area (Å²) in [5, 5.41) is 13.1. The molecule has 2 atom stereocenters. The average molecular weight is 366 g/mol. The molecule has 0 radical (unpaired) electrons. The van der Waals surface area contributed by atoms with Gasteiger partial charge in [0.2, 0.25) is 5.91 Å². The minimum atomic E-state index is -0.504. The van der Waals surface area contributed by atoms with Crippen LogP contribution in [0, 0.1) is 28.1 Å². The van der Waals surface area contributed by atoms with Gasteiger partial charge in [-0.2, -0.15) is 0 Å². The number of carbonyl (C=O) groups excluding carboxylic acids is 2. The van der Waals surface area contributed by atoms with E-state index in [1.807, 2.05) is 41.5 Å². The highest BCUT2D eigenvalue weighted by atomic mass is 16.3. The van der Waals surface area contributed by atoms with Crippen LogP contribution in [0.15, 0.2) is 0 Å². The van der Waals surface area contributed by atoms with Crippen LogP contribution < -0.4 is 5.32 Å².